The summed E-state index contributed by atoms with van der Waals surface area (Å²) in [5.74, 6) is -0.926. The van der Waals surface area contributed by atoms with Crippen LogP contribution in [0.2, 0.25) is 5.15 Å². The molecule has 194 valence electrons. The molecule has 4 rings (SSSR count). The Morgan fingerprint density at radius 1 is 0.946 bits per heavy atom. The molecule has 3 aromatic rings. The van der Waals surface area contributed by atoms with E-state index in [4.69, 9.17) is 21.3 Å². The highest BCUT2D eigenvalue weighted by molar-refractivity contribution is 6.30. The number of carbonyl (C=O) groups is 2. The number of morpholine rings is 1. The predicted octanol–water partition coefficient (Wildman–Crippen LogP) is 5.09. The highest BCUT2D eigenvalue weighted by Crippen LogP contribution is 2.28. The van der Waals surface area contributed by atoms with Crippen LogP contribution in [0.1, 0.15) is 5.56 Å². The first-order valence-corrected chi connectivity index (χ1v) is 11.5. The van der Waals surface area contributed by atoms with Crippen molar-refractivity contribution < 1.29 is 27.5 Å². The van der Waals surface area contributed by atoms with Crippen molar-refractivity contribution in [3.63, 3.8) is 0 Å². The topological polar surface area (TPSA) is 108 Å². The Hall–Kier alpha value is -3.90. The molecule has 0 atom stereocenters. The molecule has 2 heterocycles. The van der Waals surface area contributed by atoms with E-state index in [-0.39, 0.29) is 11.4 Å². The van der Waals surface area contributed by atoms with Crippen molar-refractivity contribution in [2.45, 2.75) is 13.1 Å². The van der Waals surface area contributed by atoms with Gasteiger partial charge in [0.05, 0.1) is 13.2 Å². The maximum absolute atomic E-state index is 12.5. The number of amides is 3. The molecule has 3 amide bonds. The van der Waals surface area contributed by atoms with Gasteiger partial charge in [-0.2, -0.15) is 13.2 Å². The normalized spacial score (nSPS) is 13.7. The number of alkyl halides is 3. The van der Waals surface area contributed by atoms with Crippen molar-refractivity contribution >= 4 is 46.4 Å². The highest BCUT2D eigenvalue weighted by Gasteiger charge is 2.38. The first-order chi connectivity index (χ1) is 17.6. The lowest BCUT2D eigenvalue weighted by Crippen LogP contribution is -2.37. The molecule has 0 bridgehead atoms. The average molecular weight is 535 g/mol. The van der Waals surface area contributed by atoms with Crippen LogP contribution in [-0.2, 0) is 9.53 Å². The van der Waals surface area contributed by atoms with E-state index in [9.17, 15) is 22.8 Å². The first kappa shape index (κ1) is 26.2. The number of hydrogen-bond acceptors (Lipinski definition) is 6. The van der Waals surface area contributed by atoms with Gasteiger partial charge in [-0.1, -0.05) is 17.7 Å². The van der Waals surface area contributed by atoms with Crippen molar-refractivity contribution in [1.29, 1.82) is 0 Å². The lowest BCUT2D eigenvalue weighted by molar-refractivity contribution is -0.167. The van der Waals surface area contributed by atoms with Crippen LogP contribution in [-0.4, -0.2) is 54.4 Å². The summed E-state index contributed by atoms with van der Waals surface area (Å²) in [5.41, 5.74) is 2.00. The van der Waals surface area contributed by atoms with Crippen LogP contribution in [0, 0.1) is 6.92 Å². The van der Waals surface area contributed by atoms with Gasteiger partial charge in [-0.05, 0) is 49.4 Å². The van der Waals surface area contributed by atoms with Gasteiger partial charge < -0.3 is 25.6 Å². The van der Waals surface area contributed by atoms with E-state index >= 15 is 0 Å². The number of hydrogen-bond donors (Lipinski definition) is 3. The van der Waals surface area contributed by atoms with Crippen molar-refractivity contribution in [3.05, 3.63) is 59.2 Å². The number of urea groups is 1. The molecule has 0 spiro atoms. The Balaban J connectivity index is 1.42. The predicted molar refractivity (Wildman–Crippen MR) is 134 cm³/mol. The monoisotopic (exact) mass is 534 g/mol. The van der Waals surface area contributed by atoms with E-state index in [1.54, 1.807) is 29.6 Å². The minimum Gasteiger partial charge on any atom is -0.378 e. The third kappa shape index (κ3) is 6.66. The number of rotatable bonds is 5. The van der Waals surface area contributed by atoms with E-state index in [2.05, 4.69) is 20.5 Å². The maximum Gasteiger partial charge on any atom is 0.471 e. The van der Waals surface area contributed by atoms with Gasteiger partial charge in [0.2, 0.25) is 0 Å². The fourth-order valence-corrected chi connectivity index (χ4v) is 3.73. The lowest BCUT2D eigenvalue weighted by atomic mass is 10.2. The summed E-state index contributed by atoms with van der Waals surface area (Å²) in [4.78, 5) is 34.7. The second kappa shape index (κ2) is 11.0. The maximum atomic E-state index is 12.5. The molecule has 1 aliphatic rings. The number of nitrogens with zero attached hydrogens (tertiary/aromatic N) is 3. The molecule has 1 fully saturated rings. The van der Waals surface area contributed by atoms with Gasteiger partial charge in [-0.15, -0.1) is 0 Å². The van der Waals surface area contributed by atoms with Crippen LogP contribution in [0.25, 0.3) is 11.4 Å². The van der Waals surface area contributed by atoms with E-state index in [1.165, 1.54) is 24.3 Å². The molecular formula is C24H22ClF3N6O3. The van der Waals surface area contributed by atoms with Crippen LogP contribution in [0.3, 0.4) is 0 Å². The van der Waals surface area contributed by atoms with Gasteiger partial charge in [-0.25, -0.2) is 14.8 Å². The smallest absolute Gasteiger partial charge is 0.378 e. The van der Waals surface area contributed by atoms with Gasteiger partial charge >= 0.3 is 18.1 Å². The molecule has 0 aliphatic carbocycles. The van der Waals surface area contributed by atoms with Crippen molar-refractivity contribution in [1.82, 2.24) is 9.97 Å². The summed E-state index contributed by atoms with van der Waals surface area (Å²) in [6, 6.07) is 11.5. The molecule has 1 aliphatic heterocycles. The number of benzene rings is 2. The minimum absolute atomic E-state index is 0.113. The molecule has 3 N–H and O–H groups in total. The zero-order chi connectivity index (χ0) is 26.6. The Bertz CT molecular complexity index is 1300. The summed E-state index contributed by atoms with van der Waals surface area (Å²) >= 11 is 6.37. The Morgan fingerprint density at radius 3 is 2.22 bits per heavy atom. The summed E-state index contributed by atoms with van der Waals surface area (Å²) in [6.07, 6.45) is -5.02. The number of nitrogens with one attached hydrogen (secondary N) is 3. The largest absolute Gasteiger partial charge is 0.471 e. The quantitative estimate of drug-likeness (QED) is 0.394. The third-order valence-electron chi connectivity index (χ3n) is 5.41. The number of anilines is 4. The fraction of sp³-hybridized carbons (Fsp3) is 0.250. The fourth-order valence-electron chi connectivity index (χ4n) is 3.56. The van der Waals surface area contributed by atoms with Crippen LogP contribution in [0.5, 0.6) is 0 Å². The lowest BCUT2D eigenvalue weighted by Gasteiger charge is -2.29. The highest BCUT2D eigenvalue weighted by atomic mass is 35.5. The van der Waals surface area contributed by atoms with E-state index in [0.717, 1.165) is 11.4 Å². The molecule has 0 saturated carbocycles. The Labute approximate surface area is 215 Å². The van der Waals surface area contributed by atoms with Crippen molar-refractivity contribution in [2.24, 2.45) is 0 Å². The summed E-state index contributed by atoms with van der Waals surface area (Å²) in [7, 11) is 0. The molecule has 37 heavy (non-hydrogen) atoms. The molecule has 1 aromatic heterocycles. The summed E-state index contributed by atoms with van der Waals surface area (Å²) < 4.78 is 42.8. The van der Waals surface area contributed by atoms with E-state index in [0.29, 0.717) is 48.5 Å². The SMILES string of the molecule is Cc1c(Cl)nc(-c2ccc(NC(=O)Nc3cccc(NC(=O)C(F)(F)F)c3)cc2)nc1N1CCOCC1. The summed E-state index contributed by atoms with van der Waals surface area (Å²) in [5, 5.41) is 7.22. The van der Waals surface area contributed by atoms with Crippen molar-refractivity contribution in [3.8, 4) is 11.4 Å². The van der Waals surface area contributed by atoms with Crippen LogP contribution in [0.4, 0.5) is 40.8 Å². The number of aromatic nitrogens is 2. The van der Waals surface area contributed by atoms with Gasteiger partial charge in [0, 0.05) is 41.3 Å². The van der Waals surface area contributed by atoms with Crippen LogP contribution >= 0.6 is 11.6 Å². The molecule has 13 heteroatoms. The zero-order valence-corrected chi connectivity index (χ0v) is 20.3. The third-order valence-corrected chi connectivity index (χ3v) is 5.78. The molecule has 0 radical (unpaired) electrons. The molecule has 1 saturated heterocycles. The molecule has 9 nitrogen and oxygen atoms in total. The number of carbonyl (C=O) groups excluding carboxylic acids is 2. The van der Waals surface area contributed by atoms with E-state index in [1.807, 2.05) is 6.92 Å². The number of halogens is 4. The Kier molecular flexibility index (Phi) is 7.79. The minimum atomic E-state index is -5.02. The second-order valence-electron chi connectivity index (χ2n) is 8.08. The Morgan fingerprint density at radius 2 is 1.57 bits per heavy atom. The first-order valence-electron chi connectivity index (χ1n) is 11.1. The standard InChI is InChI=1S/C24H22ClF3N6O3/c1-14-19(25)32-20(33-21(14)34-9-11-37-12-10-34)15-5-7-16(8-6-15)30-23(36)31-18-4-2-3-17(13-18)29-22(35)24(26,27)28/h2-8,13H,9-12H2,1H3,(H,29,35)(H2,30,31,36). The summed E-state index contributed by atoms with van der Waals surface area (Å²) in [6.45, 7) is 4.46. The average Bonchev–Trinajstić information content (AvgIpc) is 2.86. The van der Waals surface area contributed by atoms with Gasteiger partial charge in [0.1, 0.15) is 11.0 Å². The zero-order valence-electron chi connectivity index (χ0n) is 19.5. The van der Waals surface area contributed by atoms with Crippen LogP contribution in [0.15, 0.2) is 48.5 Å². The number of ether oxygens (including phenoxy) is 1. The second-order valence-corrected chi connectivity index (χ2v) is 8.43. The van der Waals surface area contributed by atoms with Gasteiger partial charge in [-0.3, -0.25) is 4.79 Å². The molecule has 2 aromatic carbocycles. The van der Waals surface area contributed by atoms with Crippen LogP contribution < -0.4 is 20.9 Å². The molecular weight excluding hydrogens is 513 g/mol. The van der Waals surface area contributed by atoms with E-state index < -0.39 is 18.1 Å². The van der Waals surface area contributed by atoms with Crippen molar-refractivity contribution in [2.75, 3.05) is 47.2 Å². The van der Waals surface area contributed by atoms with Gasteiger partial charge in [0.15, 0.2) is 5.82 Å². The van der Waals surface area contributed by atoms with Gasteiger partial charge in [0.25, 0.3) is 0 Å². The molecule has 0 unspecified atom stereocenters.